The van der Waals surface area contributed by atoms with Gasteiger partial charge in [0.15, 0.2) is 0 Å². The van der Waals surface area contributed by atoms with Crippen molar-refractivity contribution in [3.8, 4) is 0 Å². The van der Waals surface area contributed by atoms with Crippen molar-refractivity contribution in [1.29, 1.82) is 0 Å². The first-order chi connectivity index (χ1) is 9.63. The lowest BCUT2D eigenvalue weighted by Crippen LogP contribution is -2.48. The van der Waals surface area contributed by atoms with Crippen LogP contribution >= 0.6 is 0 Å². The highest BCUT2D eigenvalue weighted by atomic mass is 28.4. The van der Waals surface area contributed by atoms with Crippen LogP contribution in [0.15, 0.2) is 43.0 Å². The fourth-order valence-corrected chi connectivity index (χ4v) is 5.50. The molecular formula is C18H28OSi. The van der Waals surface area contributed by atoms with Crippen LogP contribution in [0.25, 0.3) is 0 Å². The number of benzene rings is 1. The maximum Gasteiger partial charge on any atom is 0.218 e. The van der Waals surface area contributed by atoms with Gasteiger partial charge in [0.1, 0.15) is 0 Å². The lowest BCUT2D eigenvalue weighted by atomic mass is 9.99. The third-order valence-electron chi connectivity index (χ3n) is 4.49. The van der Waals surface area contributed by atoms with E-state index in [1.807, 2.05) is 6.08 Å². The molecule has 1 aliphatic carbocycles. The molecule has 20 heavy (non-hydrogen) atoms. The van der Waals surface area contributed by atoms with E-state index in [1.165, 1.54) is 37.3 Å². The predicted molar refractivity (Wildman–Crippen MR) is 89.8 cm³/mol. The van der Waals surface area contributed by atoms with Crippen LogP contribution < -0.4 is 5.19 Å². The van der Waals surface area contributed by atoms with Gasteiger partial charge in [-0.3, -0.25) is 0 Å². The summed E-state index contributed by atoms with van der Waals surface area (Å²) in [5.41, 5.74) is 0. The van der Waals surface area contributed by atoms with Gasteiger partial charge >= 0.3 is 0 Å². The van der Waals surface area contributed by atoms with Crippen molar-refractivity contribution < 1.29 is 4.43 Å². The van der Waals surface area contributed by atoms with Crippen LogP contribution in [0, 0.1) is 5.92 Å². The molecule has 0 bridgehead atoms. The highest BCUT2D eigenvalue weighted by Crippen LogP contribution is 2.33. The molecule has 0 spiro atoms. The zero-order chi connectivity index (χ0) is 14.4. The quantitative estimate of drug-likeness (QED) is 0.403. The molecule has 0 radical (unpaired) electrons. The van der Waals surface area contributed by atoms with Gasteiger partial charge in [-0.05, 0) is 56.3 Å². The van der Waals surface area contributed by atoms with Crippen LogP contribution in [0.2, 0.25) is 13.1 Å². The Bertz CT molecular complexity index is 413. The molecule has 1 fully saturated rings. The number of unbranched alkanes of at least 4 members (excludes halogenated alkanes) is 1. The average Bonchev–Trinajstić information content (AvgIpc) is 2.87. The van der Waals surface area contributed by atoms with E-state index in [-0.39, 0.29) is 0 Å². The third kappa shape index (κ3) is 4.06. The molecule has 2 atom stereocenters. The third-order valence-corrected chi connectivity index (χ3v) is 7.10. The fraction of sp³-hybridized carbons (Fsp3) is 0.556. The van der Waals surface area contributed by atoms with Gasteiger partial charge in [0, 0.05) is 6.10 Å². The molecule has 1 aromatic carbocycles. The molecule has 110 valence electrons. The zero-order valence-electron chi connectivity index (χ0n) is 13.0. The maximum atomic E-state index is 6.64. The number of hydrogen-bond acceptors (Lipinski definition) is 1. The van der Waals surface area contributed by atoms with Crippen molar-refractivity contribution in [1.82, 2.24) is 0 Å². The molecule has 0 heterocycles. The summed E-state index contributed by atoms with van der Waals surface area (Å²) in [7, 11) is -1.75. The normalized spacial score (nSPS) is 22.9. The Morgan fingerprint density at radius 1 is 1.25 bits per heavy atom. The van der Waals surface area contributed by atoms with E-state index in [9.17, 15) is 0 Å². The minimum absolute atomic E-state index is 0.488. The molecule has 0 N–H and O–H groups in total. The Morgan fingerprint density at radius 2 is 2.00 bits per heavy atom. The standard InChI is InChI=1S/C18H28OSi/c1-4-5-7-11-16-12-10-15-18(16)19-20(2,3)17-13-8-6-9-14-17/h4,6,8-9,13-14,16,18H,1,5,7,10-12,15H2,2-3H3. The molecule has 0 amide bonds. The molecule has 1 saturated carbocycles. The average molecular weight is 289 g/mol. The van der Waals surface area contributed by atoms with E-state index < -0.39 is 8.32 Å². The van der Waals surface area contributed by atoms with E-state index >= 15 is 0 Å². The Morgan fingerprint density at radius 3 is 2.70 bits per heavy atom. The second-order valence-corrected chi connectivity index (χ2v) is 10.3. The number of allylic oxidation sites excluding steroid dienone is 1. The van der Waals surface area contributed by atoms with Gasteiger partial charge in [-0.2, -0.15) is 0 Å². The van der Waals surface area contributed by atoms with Gasteiger partial charge in [0.25, 0.3) is 0 Å². The molecule has 2 unspecified atom stereocenters. The van der Waals surface area contributed by atoms with Crippen molar-refractivity contribution in [2.45, 2.75) is 57.7 Å². The first-order valence-corrected chi connectivity index (χ1v) is 10.9. The first kappa shape index (κ1) is 15.5. The van der Waals surface area contributed by atoms with Crippen molar-refractivity contribution >= 4 is 13.5 Å². The highest BCUT2D eigenvalue weighted by molar-refractivity contribution is 6.84. The summed E-state index contributed by atoms with van der Waals surface area (Å²) in [5, 5.41) is 1.41. The highest BCUT2D eigenvalue weighted by Gasteiger charge is 2.34. The number of rotatable bonds is 7. The van der Waals surface area contributed by atoms with Crippen molar-refractivity contribution in [3.63, 3.8) is 0 Å². The Labute approximate surface area is 125 Å². The Kier molecular flexibility index (Phi) is 5.61. The van der Waals surface area contributed by atoms with E-state index in [0.717, 1.165) is 12.3 Å². The van der Waals surface area contributed by atoms with Crippen LogP contribution in [0.5, 0.6) is 0 Å². The molecule has 1 aromatic rings. The van der Waals surface area contributed by atoms with Crippen LogP contribution in [-0.2, 0) is 4.43 Å². The van der Waals surface area contributed by atoms with E-state index in [2.05, 4.69) is 50.0 Å². The monoisotopic (exact) mass is 288 g/mol. The molecule has 0 saturated heterocycles. The molecular weight excluding hydrogens is 260 g/mol. The van der Waals surface area contributed by atoms with Gasteiger partial charge in [-0.1, -0.05) is 42.8 Å². The van der Waals surface area contributed by atoms with Crippen molar-refractivity contribution in [3.05, 3.63) is 43.0 Å². The van der Waals surface area contributed by atoms with Crippen molar-refractivity contribution in [2.24, 2.45) is 5.92 Å². The largest absolute Gasteiger partial charge is 0.410 e. The Balaban J connectivity index is 1.95. The summed E-state index contributed by atoms with van der Waals surface area (Å²) < 4.78 is 6.64. The summed E-state index contributed by atoms with van der Waals surface area (Å²) in [6, 6.07) is 10.8. The zero-order valence-corrected chi connectivity index (χ0v) is 14.0. The summed E-state index contributed by atoms with van der Waals surface area (Å²) in [4.78, 5) is 0. The first-order valence-electron chi connectivity index (χ1n) is 7.98. The van der Waals surface area contributed by atoms with Gasteiger partial charge in [-0.15, -0.1) is 6.58 Å². The fourth-order valence-electron chi connectivity index (χ4n) is 3.30. The minimum atomic E-state index is -1.75. The van der Waals surface area contributed by atoms with Gasteiger partial charge in [0.2, 0.25) is 8.32 Å². The van der Waals surface area contributed by atoms with Gasteiger partial charge < -0.3 is 4.43 Å². The van der Waals surface area contributed by atoms with Gasteiger partial charge in [-0.25, -0.2) is 0 Å². The lowest BCUT2D eigenvalue weighted by Gasteiger charge is -2.31. The van der Waals surface area contributed by atoms with Crippen LogP contribution in [-0.4, -0.2) is 14.4 Å². The van der Waals surface area contributed by atoms with Crippen LogP contribution in [0.3, 0.4) is 0 Å². The van der Waals surface area contributed by atoms with E-state index in [1.54, 1.807) is 0 Å². The van der Waals surface area contributed by atoms with E-state index in [0.29, 0.717) is 6.10 Å². The summed E-state index contributed by atoms with van der Waals surface area (Å²) in [5.74, 6) is 0.769. The Hall–Kier alpha value is -0.863. The smallest absolute Gasteiger partial charge is 0.218 e. The molecule has 2 heteroatoms. The predicted octanol–water partition coefficient (Wildman–Crippen LogP) is 4.64. The molecule has 0 aromatic heterocycles. The summed E-state index contributed by atoms with van der Waals surface area (Å²) >= 11 is 0. The second-order valence-electron chi connectivity index (χ2n) is 6.44. The molecule has 1 aliphatic rings. The number of hydrogen-bond donors (Lipinski definition) is 0. The summed E-state index contributed by atoms with van der Waals surface area (Å²) in [6.07, 6.45) is 10.2. The minimum Gasteiger partial charge on any atom is -0.410 e. The lowest BCUT2D eigenvalue weighted by molar-refractivity contribution is 0.147. The van der Waals surface area contributed by atoms with Crippen LogP contribution in [0.4, 0.5) is 0 Å². The SMILES string of the molecule is C=CCCCC1CCCC1O[Si](C)(C)c1ccccc1. The van der Waals surface area contributed by atoms with Crippen molar-refractivity contribution in [2.75, 3.05) is 0 Å². The topological polar surface area (TPSA) is 9.23 Å². The summed E-state index contributed by atoms with van der Waals surface area (Å²) in [6.45, 7) is 8.49. The van der Waals surface area contributed by atoms with Crippen LogP contribution in [0.1, 0.15) is 38.5 Å². The van der Waals surface area contributed by atoms with Gasteiger partial charge in [0.05, 0.1) is 0 Å². The second kappa shape index (κ2) is 7.23. The molecule has 0 aliphatic heterocycles. The maximum absolute atomic E-state index is 6.64. The molecule has 2 rings (SSSR count). The van der Waals surface area contributed by atoms with E-state index in [4.69, 9.17) is 4.43 Å². The molecule has 1 nitrogen and oxygen atoms in total.